The first-order chi connectivity index (χ1) is 9.42. The Bertz CT molecular complexity index is 839. The number of rotatable bonds is 1. The lowest BCUT2D eigenvalue weighted by Crippen LogP contribution is -1.88. The average molecular weight is 245 g/mol. The van der Waals surface area contributed by atoms with Gasteiger partial charge < -0.3 is 4.98 Å². The summed E-state index contributed by atoms with van der Waals surface area (Å²) in [7, 11) is 0. The minimum Gasteiger partial charge on any atom is -0.353 e. The molecule has 0 fully saturated rings. The van der Waals surface area contributed by atoms with Gasteiger partial charge in [0.1, 0.15) is 6.33 Å². The minimum atomic E-state index is 0.946. The Kier molecular flexibility index (Phi) is 2.12. The summed E-state index contributed by atoms with van der Waals surface area (Å²) >= 11 is 0. The number of H-pyrrole nitrogens is 1. The van der Waals surface area contributed by atoms with Crippen molar-refractivity contribution in [2.24, 2.45) is 0 Å². The molecule has 3 heteroatoms. The second kappa shape index (κ2) is 3.92. The molecule has 0 radical (unpaired) electrons. The van der Waals surface area contributed by atoms with Crippen molar-refractivity contribution in [1.29, 1.82) is 0 Å². The highest BCUT2D eigenvalue weighted by molar-refractivity contribution is 5.94. The SMILES string of the molecule is c1ccc2[nH]c(-c3ncnc4ccccc34)cc2c1. The summed E-state index contributed by atoms with van der Waals surface area (Å²) in [5.74, 6) is 0. The van der Waals surface area contributed by atoms with Crippen LogP contribution in [0.5, 0.6) is 0 Å². The number of para-hydroxylation sites is 2. The lowest BCUT2D eigenvalue weighted by molar-refractivity contribution is 1.21. The van der Waals surface area contributed by atoms with E-state index in [1.807, 2.05) is 30.3 Å². The van der Waals surface area contributed by atoms with E-state index in [1.165, 1.54) is 5.39 Å². The molecule has 19 heavy (non-hydrogen) atoms. The maximum absolute atomic E-state index is 4.43. The molecule has 0 bridgehead atoms. The molecule has 2 aromatic carbocycles. The van der Waals surface area contributed by atoms with Gasteiger partial charge in [-0.05, 0) is 18.2 Å². The van der Waals surface area contributed by atoms with Crippen LogP contribution in [0.15, 0.2) is 60.9 Å². The van der Waals surface area contributed by atoms with Crippen molar-refractivity contribution in [2.75, 3.05) is 0 Å². The largest absolute Gasteiger partial charge is 0.353 e. The molecule has 0 aliphatic rings. The van der Waals surface area contributed by atoms with Crippen LogP contribution in [-0.2, 0) is 0 Å². The quantitative estimate of drug-likeness (QED) is 0.554. The van der Waals surface area contributed by atoms with Crippen LogP contribution < -0.4 is 0 Å². The molecular formula is C16H11N3. The van der Waals surface area contributed by atoms with Gasteiger partial charge in [-0.1, -0.05) is 36.4 Å². The highest BCUT2D eigenvalue weighted by atomic mass is 14.9. The fraction of sp³-hybridized carbons (Fsp3) is 0. The van der Waals surface area contributed by atoms with Crippen LogP contribution in [0.4, 0.5) is 0 Å². The number of fused-ring (bicyclic) bond motifs is 2. The van der Waals surface area contributed by atoms with E-state index in [0.717, 1.165) is 27.8 Å². The Morgan fingerprint density at radius 2 is 1.68 bits per heavy atom. The van der Waals surface area contributed by atoms with E-state index in [0.29, 0.717) is 0 Å². The molecule has 0 saturated heterocycles. The van der Waals surface area contributed by atoms with Gasteiger partial charge in [0.15, 0.2) is 0 Å². The molecule has 0 atom stereocenters. The van der Waals surface area contributed by atoms with Crippen molar-refractivity contribution in [3.8, 4) is 11.4 Å². The number of hydrogen-bond donors (Lipinski definition) is 1. The van der Waals surface area contributed by atoms with Crippen molar-refractivity contribution < 1.29 is 0 Å². The zero-order valence-electron chi connectivity index (χ0n) is 10.2. The summed E-state index contributed by atoms with van der Waals surface area (Å²) in [4.78, 5) is 12.1. The van der Waals surface area contributed by atoms with Gasteiger partial charge in [-0.15, -0.1) is 0 Å². The van der Waals surface area contributed by atoms with Crippen molar-refractivity contribution >= 4 is 21.8 Å². The molecule has 0 aliphatic heterocycles. The smallest absolute Gasteiger partial charge is 0.116 e. The molecule has 2 heterocycles. The van der Waals surface area contributed by atoms with Gasteiger partial charge in [0.05, 0.1) is 16.9 Å². The normalized spacial score (nSPS) is 11.2. The number of aromatic nitrogens is 3. The lowest BCUT2D eigenvalue weighted by atomic mass is 10.1. The van der Waals surface area contributed by atoms with E-state index in [9.17, 15) is 0 Å². The Morgan fingerprint density at radius 1 is 0.842 bits per heavy atom. The Hall–Kier alpha value is -2.68. The van der Waals surface area contributed by atoms with Gasteiger partial charge in [-0.2, -0.15) is 0 Å². The highest BCUT2D eigenvalue weighted by Crippen LogP contribution is 2.27. The van der Waals surface area contributed by atoms with E-state index in [1.54, 1.807) is 6.33 Å². The number of aromatic amines is 1. The Labute approximate surface area is 110 Å². The molecular weight excluding hydrogens is 234 g/mol. The van der Waals surface area contributed by atoms with Crippen molar-refractivity contribution in [2.45, 2.75) is 0 Å². The van der Waals surface area contributed by atoms with E-state index in [4.69, 9.17) is 0 Å². The molecule has 0 aliphatic carbocycles. The van der Waals surface area contributed by atoms with Gasteiger partial charge >= 0.3 is 0 Å². The third-order valence-corrected chi connectivity index (χ3v) is 3.33. The third-order valence-electron chi connectivity index (χ3n) is 3.33. The van der Waals surface area contributed by atoms with Crippen LogP contribution >= 0.6 is 0 Å². The van der Waals surface area contributed by atoms with Crippen molar-refractivity contribution in [3.05, 3.63) is 60.9 Å². The average Bonchev–Trinajstić information content (AvgIpc) is 2.90. The lowest BCUT2D eigenvalue weighted by Gasteiger charge is -2.02. The van der Waals surface area contributed by atoms with Crippen LogP contribution in [-0.4, -0.2) is 15.0 Å². The van der Waals surface area contributed by atoms with E-state index >= 15 is 0 Å². The Balaban J connectivity index is 2.03. The van der Waals surface area contributed by atoms with Crippen LogP contribution in [0.2, 0.25) is 0 Å². The minimum absolute atomic E-state index is 0.946. The van der Waals surface area contributed by atoms with Crippen LogP contribution in [0.1, 0.15) is 0 Å². The zero-order valence-corrected chi connectivity index (χ0v) is 10.2. The number of benzene rings is 2. The van der Waals surface area contributed by atoms with E-state index in [-0.39, 0.29) is 0 Å². The summed E-state index contributed by atoms with van der Waals surface area (Å²) in [5.41, 5.74) is 4.06. The first-order valence-electron chi connectivity index (χ1n) is 6.20. The van der Waals surface area contributed by atoms with Gasteiger partial charge in [0, 0.05) is 16.3 Å². The number of nitrogens with zero attached hydrogens (tertiary/aromatic N) is 2. The molecule has 0 unspecified atom stereocenters. The molecule has 90 valence electrons. The van der Waals surface area contributed by atoms with Crippen molar-refractivity contribution in [3.63, 3.8) is 0 Å². The number of nitrogens with one attached hydrogen (secondary N) is 1. The van der Waals surface area contributed by atoms with Gasteiger partial charge in [-0.25, -0.2) is 9.97 Å². The molecule has 3 nitrogen and oxygen atoms in total. The monoisotopic (exact) mass is 245 g/mol. The highest BCUT2D eigenvalue weighted by Gasteiger charge is 2.08. The molecule has 4 rings (SSSR count). The van der Waals surface area contributed by atoms with Gasteiger partial charge in [-0.3, -0.25) is 0 Å². The second-order valence-corrected chi connectivity index (χ2v) is 4.51. The molecule has 0 saturated carbocycles. The summed E-state index contributed by atoms with van der Waals surface area (Å²) in [6.45, 7) is 0. The fourth-order valence-electron chi connectivity index (χ4n) is 2.42. The maximum atomic E-state index is 4.43. The molecule has 0 amide bonds. The van der Waals surface area contributed by atoms with Crippen LogP contribution in [0.3, 0.4) is 0 Å². The first kappa shape index (κ1) is 10.3. The van der Waals surface area contributed by atoms with Crippen LogP contribution in [0, 0.1) is 0 Å². The summed E-state index contributed by atoms with van der Waals surface area (Å²) in [6, 6.07) is 18.4. The summed E-state index contributed by atoms with van der Waals surface area (Å²) < 4.78 is 0. The van der Waals surface area contributed by atoms with E-state index in [2.05, 4.69) is 39.2 Å². The summed E-state index contributed by atoms with van der Waals surface area (Å²) in [6.07, 6.45) is 1.61. The zero-order chi connectivity index (χ0) is 12.7. The predicted octanol–water partition coefficient (Wildman–Crippen LogP) is 3.78. The molecule has 4 aromatic rings. The fourth-order valence-corrected chi connectivity index (χ4v) is 2.42. The van der Waals surface area contributed by atoms with Crippen LogP contribution in [0.25, 0.3) is 33.2 Å². The Morgan fingerprint density at radius 3 is 2.63 bits per heavy atom. The topological polar surface area (TPSA) is 41.6 Å². The maximum Gasteiger partial charge on any atom is 0.116 e. The molecule has 1 N–H and O–H groups in total. The standard InChI is InChI=1S/C16H11N3/c1-3-7-13-11(5-1)9-15(19-13)16-12-6-2-4-8-14(12)17-10-18-16/h1-10,19H. The van der Waals surface area contributed by atoms with Crippen molar-refractivity contribution in [1.82, 2.24) is 15.0 Å². The summed E-state index contributed by atoms with van der Waals surface area (Å²) in [5, 5.41) is 2.26. The predicted molar refractivity (Wildman–Crippen MR) is 76.8 cm³/mol. The first-order valence-corrected chi connectivity index (χ1v) is 6.20. The second-order valence-electron chi connectivity index (χ2n) is 4.51. The number of hydrogen-bond acceptors (Lipinski definition) is 2. The molecule has 2 aromatic heterocycles. The van der Waals surface area contributed by atoms with E-state index < -0.39 is 0 Å². The molecule has 0 spiro atoms. The van der Waals surface area contributed by atoms with Gasteiger partial charge in [0.2, 0.25) is 0 Å². The third kappa shape index (κ3) is 1.59. The van der Waals surface area contributed by atoms with Gasteiger partial charge in [0.25, 0.3) is 0 Å².